The van der Waals surface area contributed by atoms with E-state index in [1.807, 2.05) is 31.2 Å². The lowest BCUT2D eigenvalue weighted by Crippen LogP contribution is -2.04. The molecule has 0 spiro atoms. The molecule has 0 N–H and O–H groups in total. The Morgan fingerprint density at radius 1 is 1.00 bits per heavy atom. The SMILES string of the molecule is CCC(=O)ON=C(CC)c1ccc(-c2ccc([N+](=O)[O-])cc2)cc1. The zero-order valence-electron chi connectivity index (χ0n) is 13.6. The Labute approximate surface area is 139 Å². The van der Waals surface area contributed by atoms with E-state index in [1.165, 1.54) is 12.1 Å². The van der Waals surface area contributed by atoms with Gasteiger partial charge in [0, 0.05) is 18.6 Å². The molecule has 0 amide bonds. The van der Waals surface area contributed by atoms with E-state index in [-0.39, 0.29) is 18.1 Å². The lowest BCUT2D eigenvalue weighted by Gasteiger charge is -2.06. The molecular weight excluding hydrogens is 308 g/mol. The van der Waals surface area contributed by atoms with E-state index in [2.05, 4.69) is 5.16 Å². The van der Waals surface area contributed by atoms with E-state index in [9.17, 15) is 14.9 Å². The van der Waals surface area contributed by atoms with Gasteiger partial charge in [0.05, 0.1) is 10.6 Å². The van der Waals surface area contributed by atoms with Crippen LogP contribution in [0.1, 0.15) is 32.3 Å². The van der Waals surface area contributed by atoms with Gasteiger partial charge in [-0.25, -0.2) is 4.79 Å². The van der Waals surface area contributed by atoms with Crippen molar-refractivity contribution in [3.63, 3.8) is 0 Å². The zero-order valence-corrected chi connectivity index (χ0v) is 13.6. The molecule has 2 aromatic rings. The van der Waals surface area contributed by atoms with Crippen molar-refractivity contribution >= 4 is 17.4 Å². The van der Waals surface area contributed by atoms with Gasteiger partial charge in [-0.1, -0.05) is 43.3 Å². The number of hydrogen-bond acceptors (Lipinski definition) is 5. The van der Waals surface area contributed by atoms with E-state index in [0.717, 1.165) is 16.7 Å². The first-order chi connectivity index (χ1) is 11.5. The van der Waals surface area contributed by atoms with Crippen LogP contribution in [0.4, 0.5) is 5.69 Å². The molecule has 124 valence electrons. The second-order valence-electron chi connectivity index (χ2n) is 5.09. The van der Waals surface area contributed by atoms with Crippen molar-refractivity contribution in [1.29, 1.82) is 0 Å². The number of rotatable bonds is 6. The van der Waals surface area contributed by atoms with Crippen molar-refractivity contribution in [1.82, 2.24) is 0 Å². The Balaban J connectivity index is 2.19. The Kier molecular flexibility index (Phi) is 5.78. The molecule has 0 radical (unpaired) electrons. The third kappa shape index (κ3) is 4.25. The Bertz CT molecular complexity index is 750. The largest absolute Gasteiger partial charge is 0.334 e. The maximum Gasteiger partial charge on any atom is 0.334 e. The summed E-state index contributed by atoms with van der Waals surface area (Å²) in [6.07, 6.45) is 0.910. The van der Waals surface area contributed by atoms with E-state index in [1.54, 1.807) is 19.1 Å². The highest BCUT2D eigenvalue weighted by molar-refractivity contribution is 6.00. The number of benzene rings is 2. The fourth-order valence-corrected chi connectivity index (χ4v) is 2.12. The van der Waals surface area contributed by atoms with Crippen molar-refractivity contribution in [3.8, 4) is 11.1 Å². The molecule has 0 saturated carbocycles. The molecule has 0 aliphatic heterocycles. The second-order valence-corrected chi connectivity index (χ2v) is 5.09. The molecule has 0 atom stereocenters. The second kappa shape index (κ2) is 8.01. The highest BCUT2D eigenvalue weighted by Crippen LogP contribution is 2.23. The number of nitro groups is 1. The van der Waals surface area contributed by atoms with Crippen molar-refractivity contribution in [2.24, 2.45) is 5.16 Å². The van der Waals surface area contributed by atoms with Gasteiger partial charge in [0.25, 0.3) is 5.69 Å². The molecular formula is C18H18N2O4. The smallest absolute Gasteiger partial charge is 0.318 e. The molecule has 2 rings (SSSR count). The highest BCUT2D eigenvalue weighted by Gasteiger charge is 2.07. The van der Waals surface area contributed by atoms with Crippen LogP contribution in [-0.2, 0) is 9.63 Å². The number of carbonyl (C=O) groups is 1. The van der Waals surface area contributed by atoms with Gasteiger partial charge in [-0.05, 0) is 35.2 Å². The highest BCUT2D eigenvalue weighted by atomic mass is 16.7. The minimum absolute atomic E-state index is 0.0634. The maximum absolute atomic E-state index is 11.2. The quantitative estimate of drug-likeness (QED) is 0.342. The van der Waals surface area contributed by atoms with Gasteiger partial charge in [0.15, 0.2) is 0 Å². The average molecular weight is 326 g/mol. The predicted molar refractivity (Wildman–Crippen MR) is 91.7 cm³/mol. The van der Waals surface area contributed by atoms with Gasteiger partial charge in [-0.2, -0.15) is 0 Å². The summed E-state index contributed by atoms with van der Waals surface area (Å²) in [7, 11) is 0. The van der Waals surface area contributed by atoms with Crippen LogP contribution in [0.15, 0.2) is 53.7 Å². The number of carbonyl (C=O) groups excluding carboxylic acids is 1. The first kappa shape index (κ1) is 17.3. The molecule has 0 unspecified atom stereocenters. The molecule has 0 fully saturated rings. The van der Waals surface area contributed by atoms with Gasteiger partial charge in [0.1, 0.15) is 0 Å². The number of nitrogens with zero attached hydrogens (tertiary/aromatic N) is 2. The molecule has 0 heterocycles. The summed E-state index contributed by atoms with van der Waals surface area (Å²) in [4.78, 5) is 26.3. The third-order valence-corrected chi connectivity index (χ3v) is 3.51. The first-order valence-electron chi connectivity index (χ1n) is 7.67. The lowest BCUT2D eigenvalue weighted by atomic mass is 10.0. The zero-order chi connectivity index (χ0) is 17.5. The molecule has 0 aliphatic carbocycles. The Morgan fingerprint density at radius 3 is 2.00 bits per heavy atom. The molecule has 0 aromatic heterocycles. The number of hydrogen-bond donors (Lipinski definition) is 0. The summed E-state index contributed by atoms with van der Waals surface area (Å²) in [6, 6.07) is 14.0. The van der Waals surface area contributed by atoms with E-state index in [4.69, 9.17) is 4.84 Å². The van der Waals surface area contributed by atoms with Gasteiger partial charge >= 0.3 is 5.97 Å². The van der Waals surface area contributed by atoms with Crippen LogP contribution in [0.5, 0.6) is 0 Å². The Morgan fingerprint density at radius 2 is 1.54 bits per heavy atom. The van der Waals surface area contributed by atoms with Gasteiger partial charge in [0.2, 0.25) is 0 Å². The summed E-state index contributed by atoms with van der Waals surface area (Å²) in [5.41, 5.74) is 3.45. The molecule has 2 aromatic carbocycles. The predicted octanol–water partition coefficient (Wildman–Crippen LogP) is 4.33. The van der Waals surface area contributed by atoms with Crippen LogP contribution < -0.4 is 0 Å². The van der Waals surface area contributed by atoms with Crippen LogP contribution >= 0.6 is 0 Å². The molecule has 0 aliphatic rings. The van der Waals surface area contributed by atoms with Crippen molar-refractivity contribution in [2.75, 3.05) is 0 Å². The third-order valence-electron chi connectivity index (χ3n) is 3.51. The number of non-ortho nitro benzene ring substituents is 1. The first-order valence-corrected chi connectivity index (χ1v) is 7.67. The molecule has 0 saturated heterocycles. The fourth-order valence-electron chi connectivity index (χ4n) is 2.12. The van der Waals surface area contributed by atoms with E-state index >= 15 is 0 Å². The molecule has 24 heavy (non-hydrogen) atoms. The van der Waals surface area contributed by atoms with Gasteiger partial charge in [-0.15, -0.1) is 0 Å². The topological polar surface area (TPSA) is 81.8 Å². The van der Waals surface area contributed by atoms with Crippen molar-refractivity contribution < 1.29 is 14.6 Å². The van der Waals surface area contributed by atoms with Gasteiger partial charge < -0.3 is 4.84 Å². The van der Waals surface area contributed by atoms with Crippen molar-refractivity contribution in [2.45, 2.75) is 26.7 Å². The summed E-state index contributed by atoms with van der Waals surface area (Å²) in [5, 5.41) is 14.6. The summed E-state index contributed by atoms with van der Waals surface area (Å²) < 4.78 is 0. The molecule has 6 nitrogen and oxygen atoms in total. The molecule has 6 heteroatoms. The summed E-state index contributed by atoms with van der Waals surface area (Å²) in [5.74, 6) is -0.372. The average Bonchev–Trinajstić information content (AvgIpc) is 2.62. The fraction of sp³-hybridized carbons (Fsp3) is 0.222. The van der Waals surface area contributed by atoms with E-state index < -0.39 is 4.92 Å². The minimum atomic E-state index is -0.422. The number of oxime groups is 1. The van der Waals surface area contributed by atoms with Crippen LogP contribution in [0, 0.1) is 10.1 Å². The Hall–Kier alpha value is -3.02. The van der Waals surface area contributed by atoms with Gasteiger partial charge in [-0.3, -0.25) is 10.1 Å². The minimum Gasteiger partial charge on any atom is -0.318 e. The van der Waals surface area contributed by atoms with E-state index in [0.29, 0.717) is 12.1 Å². The standard InChI is InChI=1S/C18H18N2O4/c1-3-17(19-24-18(21)4-2)15-7-5-13(6-8-15)14-9-11-16(12-10-14)20(22)23/h5-12H,3-4H2,1-2H3. The van der Waals surface area contributed by atoms with Crippen LogP contribution in [-0.4, -0.2) is 16.6 Å². The maximum atomic E-state index is 11.2. The van der Waals surface area contributed by atoms with Crippen molar-refractivity contribution in [3.05, 3.63) is 64.2 Å². The summed E-state index contributed by atoms with van der Waals surface area (Å²) >= 11 is 0. The summed E-state index contributed by atoms with van der Waals surface area (Å²) in [6.45, 7) is 3.64. The lowest BCUT2D eigenvalue weighted by molar-refractivity contribution is -0.384. The number of nitro benzene ring substituents is 1. The monoisotopic (exact) mass is 326 g/mol. The van der Waals surface area contributed by atoms with Crippen LogP contribution in [0.25, 0.3) is 11.1 Å². The molecule has 0 bridgehead atoms. The van der Waals surface area contributed by atoms with Crippen LogP contribution in [0.2, 0.25) is 0 Å². The van der Waals surface area contributed by atoms with Crippen LogP contribution in [0.3, 0.4) is 0 Å². The normalized spacial score (nSPS) is 11.2.